The van der Waals surface area contributed by atoms with E-state index in [9.17, 15) is 18.0 Å². The number of esters is 1. The van der Waals surface area contributed by atoms with Crippen LogP contribution in [-0.4, -0.2) is 46.4 Å². The normalized spacial score (nSPS) is 17.0. The van der Waals surface area contributed by atoms with Gasteiger partial charge in [-0.3, -0.25) is 10.2 Å². The third kappa shape index (κ3) is 4.64. The predicted octanol–water partition coefficient (Wildman–Crippen LogP) is 3.23. The molecule has 0 bridgehead atoms. The summed E-state index contributed by atoms with van der Waals surface area (Å²) in [6.07, 6.45) is 1.45. The van der Waals surface area contributed by atoms with Gasteiger partial charge in [-0.1, -0.05) is 36.8 Å². The monoisotopic (exact) mass is 482 g/mol. The minimum absolute atomic E-state index is 0.0348. The summed E-state index contributed by atoms with van der Waals surface area (Å²) in [4.78, 5) is 28.6. The number of carbonyl (C=O) groups excluding carboxylic acids is 2. The molecule has 0 aromatic heterocycles. The van der Waals surface area contributed by atoms with Crippen LogP contribution >= 0.6 is 11.8 Å². The summed E-state index contributed by atoms with van der Waals surface area (Å²) in [5, 5.41) is 13.4. The topological polar surface area (TPSA) is 129 Å². The standard InChI is InChI=1S/C22H18N4O5S2/c1-3-33(29,30)22-25-26-18(23)17(19(27)24-21(26)32-22)12-14-6-10-16(11-7-14)31-20(28)15-8-4-13(2)5-9-15/h4-12,23H,3H2,1-2H3/b17-12-,23-18?. The summed E-state index contributed by atoms with van der Waals surface area (Å²) in [5.41, 5.74) is 1.98. The molecule has 2 aromatic carbocycles. The molecule has 0 atom stereocenters. The summed E-state index contributed by atoms with van der Waals surface area (Å²) >= 11 is 0.749. The van der Waals surface area contributed by atoms with Crippen molar-refractivity contribution in [1.29, 1.82) is 5.41 Å². The van der Waals surface area contributed by atoms with Crippen LogP contribution in [0.15, 0.2) is 64.2 Å². The quantitative estimate of drug-likeness (QED) is 0.402. The van der Waals surface area contributed by atoms with Crippen molar-refractivity contribution in [3.63, 3.8) is 0 Å². The molecular formula is C22H18N4O5S2. The highest BCUT2D eigenvalue weighted by atomic mass is 32.3. The van der Waals surface area contributed by atoms with Crippen molar-refractivity contribution in [2.24, 2.45) is 10.1 Å². The van der Waals surface area contributed by atoms with Crippen LogP contribution < -0.4 is 4.74 Å². The number of hydrazone groups is 1. The van der Waals surface area contributed by atoms with Gasteiger partial charge in [-0.15, -0.1) is 5.10 Å². The molecule has 2 aliphatic heterocycles. The Bertz CT molecular complexity index is 1360. The van der Waals surface area contributed by atoms with Crippen LogP contribution in [0.1, 0.15) is 28.4 Å². The van der Waals surface area contributed by atoms with E-state index in [0.717, 1.165) is 22.3 Å². The lowest BCUT2D eigenvalue weighted by molar-refractivity contribution is -0.114. The maximum absolute atomic E-state index is 12.5. The SMILES string of the molecule is CCS(=O)(=O)C1=NN2C(=N)/C(=C/c3ccc(OC(=O)c4ccc(C)cc4)cc3)C(=O)N=C2S1. The third-order valence-electron chi connectivity index (χ3n) is 4.77. The van der Waals surface area contributed by atoms with E-state index in [4.69, 9.17) is 10.1 Å². The fourth-order valence-electron chi connectivity index (χ4n) is 2.88. The number of fused-ring (bicyclic) bond motifs is 1. The van der Waals surface area contributed by atoms with E-state index in [1.165, 1.54) is 13.0 Å². The van der Waals surface area contributed by atoms with Crippen molar-refractivity contribution in [2.45, 2.75) is 13.8 Å². The molecule has 0 spiro atoms. The molecule has 0 saturated carbocycles. The van der Waals surface area contributed by atoms with E-state index >= 15 is 0 Å². The van der Waals surface area contributed by atoms with Gasteiger partial charge in [-0.25, -0.2) is 13.2 Å². The number of aryl methyl sites for hydroxylation is 1. The van der Waals surface area contributed by atoms with Crippen LogP contribution in [0.3, 0.4) is 0 Å². The van der Waals surface area contributed by atoms with Gasteiger partial charge in [-0.2, -0.15) is 10.0 Å². The fraction of sp³-hybridized carbons (Fsp3) is 0.136. The van der Waals surface area contributed by atoms with Crippen LogP contribution in [0.25, 0.3) is 6.08 Å². The zero-order chi connectivity index (χ0) is 23.8. The number of aliphatic imine (C=N–C) groups is 1. The minimum Gasteiger partial charge on any atom is -0.423 e. The lowest BCUT2D eigenvalue weighted by atomic mass is 10.1. The number of rotatable bonds is 4. The van der Waals surface area contributed by atoms with Crippen molar-refractivity contribution in [3.8, 4) is 5.75 Å². The molecule has 0 fully saturated rings. The van der Waals surface area contributed by atoms with Crippen LogP contribution in [0.4, 0.5) is 0 Å². The molecule has 33 heavy (non-hydrogen) atoms. The Morgan fingerprint density at radius 1 is 1.15 bits per heavy atom. The Labute approximate surface area is 194 Å². The number of ether oxygens (including phenoxy) is 1. The number of carbonyl (C=O) groups is 2. The first kappa shape index (κ1) is 22.6. The second-order valence-corrected chi connectivity index (χ2v) is 10.5. The molecule has 4 rings (SSSR count). The van der Waals surface area contributed by atoms with Crippen molar-refractivity contribution in [1.82, 2.24) is 5.01 Å². The number of nitrogens with one attached hydrogen (secondary N) is 1. The first-order chi connectivity index (χ1) is 15.7. The molecule has 2 aliphatic rings. The predicted molar refractivity (Wildman–Crippen MR) is 127 cm³/mol. The summed E-state index contributed by atoms with van der Waals surface area (Å²) in [6.45, 7) is 3.41. The lowest BCUT2D eigenvalue weighted by Gasteiger charge is -2.20. The maximum Gasteiger partial charge on any atom is 0.343 e. The second-order valence-electron chi connectivity index (χ2n) is 7.11. The molecule has 168 valence electrons. The van der Waals surface area contributed by atoms with Crippen LogP contribution in [0, 0.1) is 12.3 Å². The van der Waals surface area contributed by atoms with Gasteiger partial charge in [0.05, 0.1) is 16.9 Å². The van der Waals surface area contributed by atoms with Gasteiger partial charge in [0.2, 0.25) is 19.4 Å². The molecule has 11 heteroatoms. The molecule has 0 radical (unpaired) electrons. The number of thioether (sulfide) groups is 1. The molecule has 1 amide bonds. The van der Waals surface area contributed by atoms with Crippen LogP contribution in [0.2, 0.25) is 0 Å². The average molecular weight is 483 g/mol. The summed E-state index contributed by atoms with van der Waals surface area (Å²) in [6, 6.07) is 13.4. The van der Waals surface area contributed by atoms with Crippen molar-refractivity contribution in [3.05, 3.63) is 70.8 Å². The van der Waals surface area contributed by atoms with Crippen molar-refractivity contribution < 1.29 is 22.7 Å². The Balaban J connectivity index is 1.52. The number of amidine groups is 2. The molecule has 0 saturated heterocycles. The molecule has 0 aliphatic carbocycles. The van der Waals surface area contributed by atoms with Gasteiger partial charge in [-0.05, 0) is 54.6 Å². The maximum atomic E-state index is 12.5. The Hall–Kier alpha value is -3.57. The van der Waals surface area contributed by atoms with Crippen molar-refractivity contribution in [2.75, 3.05) is 5.75 Å². The number of nitrogens with zero attached hydrogens (tertiary/aromatic N) is 3. The molecule has 1 N–H and O–H groups in total. The zero-order valence-electron chi connectivity index (χ0n) is 17.6. The Kier molecular flexibility index (Phi) is 6.00. The summed E-state index contributed by atoms with van der Waals surface area (Å²) in [7, 11) is -3.59. The van der Waals surface area contributed by atoms with Gasteiger partial charge in [0.1, 0.15) is 5.75 Å². The molecule has 9 nitrogen and oxygen atoms in total. The van der Waals surface area contributed by atoms with Crippen LogP contribution in [-0.2, 0) is 14.6 Å². The molecule has 2 aromatic rings. The largest absolute Gasteiger partial charge is 0.423 e. The second kappa shape index (κ2) is 8.75. The molecule has 0 unspecified atom stereocenters. The Morgan fingerprint density at radius 2 is 1.82 bits per heavy atom. The van der Waals surface area contributed by atoms with E-state index in [1.807, 2.05) is 19.1 Å². The van der Waals surface area contributed by atoms with Gasteiger partial charge < -0.3 is 4.74 Å². The highest BCUT2D eigenvalue weighted by Crippen LogP contribution is 2.30. The number of amides is 1. The van der Waals surface area contributed by atoms with Gasteiger partial charge >= 0.3 is 5.97 Å². The summed E-state index contributed by atoms with van der Waals surface area (Å²) < 4.78 is 29.3. The highest BCUT2D eigenvalue weighted by Gasteiger charge is 2.39. The van der Waals surface area contributed by atoms with E-state index in [-0.39, 0.29) is 26.7 Å². The summed E-state index contributed by atoms with van der Waals surface area (Å²) in [5.74, 6) is -1.25. The molecular weight excluding hydrogens is 464 g/mol. The average Bonchev–Trinajstić information content (AvgIpc) is 3.23. The number of benzene rings is 2. The van der Waals surface area contributed by atoms with Crippen LogP contribution in [0.5, 0.6) is 5.75 Å². The Morgan fingerprint density at radius 3 is 2.45 bits per heavy atom. The number of sulfone groups is 1. The smallest absolute Gasteiger partial charge is 0.343 e. The van der Waals surface area contributed by atoms with E-state index < -0.39 is 21.7 Å². The number of hydrogen-bond donors (Lipinski definition) is 1. The van der Waals surface area contributed by atoms with E-state index in [1.54, 1.807) is 36.4 Å². The number of hydrogen-bond acceptors (Lipinski definition) is 8. The first-order valence-corrected chi connectivity index (χ1v) is 12.3. The van der Waals surface area contributed by atoms with Gasteiger partial charge in [0, 0.05) is 0 Å². The van der Waals surface area contributed by atoms with E-state index in [0.29, 0.717) is 16.9 Å². The van der Waals surface area contributed by atoms with Crippen molar-refractivity contribution >= 4 is 54.9 Å². The fourth-order valence-corrected chi connectivity index (χ4v) is 5.04. The van der Waals surface area contributed by atoms with Gasteiger partial charge in [0.15, 0.2) is 5.84 Å². The third-order valence-corrected chi connectivity index (χ3v) is 7.86. The molecule has 2 heterocycles. The minimum atomic E-state index is -3.59. The van der Waals surface area contributed by atoms with E-state index in [2.05, 4.69) is 10.1 Å². The first-order valence-electron chi connectivity index (χ1n) is 9.80. The zero-order valence-corrected chi connectivity index (χ0v) is 19.2. The highest BCUT2D eigenvalue weighted by molar-refractivity contribution is 8.42. The van der Waals surface area contributed by atoms with Gasteiger partial charge in [0.25, 0.3) is 5.91 Å². The lowest BCUT2D eigenvalue weighted by Crippen LogP contribution is -2.35.